The van der Waals surface area contributed by atoms with Crippen molar-refractivity contribution in [2.24, 2.45) is 0 Å². The number of carboxylic acid groups (broad SMARTS) is 1. The van der Waals surface area contributed by atoms with E-state index in [1.165, 1.54) is 96.0 Å². The molecular weight excluding hydrogens is 1390 g/mol. The molecule has 0 aromatic rings. The molecule has 5 saturated heterocycles. The van der Waals surface area contributed by atoms with Gasteiger partial charge in [-0.15, -0.1) is 0 Å². The molecule has 0 aromatic heterocycles. The van der Waals surface area contributed by atoms with Crippen molar-refractivity contribution in [2.75, 3.05) is 39.6 Å². The van der Waals surface area contributed by atoms with Crippen molar-refractivity contribution in [3.63, 3.8) is 0 Å². The second-order valence-electron chi connectivity index (χ2n) is 28.6. The minimum absolute atomic E-state index is 0.134. The van der Waals surface area contributed by atoms with Crippen LogP contribution in [0.2, 0.25) is 0 Å². The van der Waals surface area contributed by atoms with Crippen LogP contribution in [0.25, 0.3) is 0 Å². The van der Waals surface area contributed by atoms with Crippen LogP contribution >= 0.6 is 0 Å². The molecule has 612 valence electrons. The van der Waals surface area contributed by atoms with Crippen LogP contribution < -0.4 is 16.0 Å². The lowest BCUT2D eigenvalue weighted by molar-refractivity contribution is -0.403. The van der Waals surface area contributed by atoms with E-state index in [0.29, 0.717) is 12.8 Å². The Bertz CT molecular complexity index is 2460. The summed E-state index contributed by atoms with van der Waals surface area (Å²) in [5, 5.41) is 197. The molecule has 0 saturated carbocycles. The summed E-state index contributed by atoms with van der Waals surface area (Å²) in [6.07, 6.45) is -19.5. The molecule has 5 heterocycles. The van der Waals surface area contributed by atoms with Gasteiger partial charge < -0.3 is 150 Å². The van der Waals surface area contributed by atoms with E-state index in [4.69, 9.17) is 47.4 Å². The van der Waals surface area contributed by atoms with Gasteiger partial charge in [0.05, 0.1) is 63.9 Å². The first kappa shape index (κ1) is 92.2. The van der Waals surface area contributed by atoms with E-state index < -0.39 is 235 Å². The summed E-state index contributed by atoms with van der Waals surface area (Å²) in [5.41, 5.74) is 0. The number of unbranched alkanes of at least 4 members (excludes halogenated alkanes) is 23. The fourth-order valence-electron chi connectivity index (χ4n) is 14.0. The zero-order valence-corrected chi connectivity index (χ0v) is 61.4. The number of rotatable bonds is 50. The number of nitrogens with one attached hydrogen (secondary N) is 3. The zero-order valence-electron chi connectivity index (χ0n) is 61.4. The van der Waals surface area contributed by atoms with E-state index in [9.17, 15) is 106 Å². The van der Waals surface area contributed by atoms with Gasteiger partial charge >= 0.3 is 5.97 Å². The first-order valence-electron chi connectivity index (χ1n) is 38.1. The van der Waals surface area contributed by atoms with Gasteiger partial charge in [-0.25, -0.2) is 4.79 Å². The van der Waals surface area contributed by atoms with E-state index in [0.717, 1.165) is 71.6 Å². The highest BCUT2D eigenvalue weighted by Crippen LogP contribution is 2.41. The van der Waals surface area contributed by atoms with Crippen LogP contribution in [0, 0.1) is 0 Å². The Morgan fingerprint density at radius 1 is 0.495 bits per heavy atom. The molecule has 0 aliphatic carbocycles. The average molecular weight is 1520 g/mol. The number of aliphatic carboxylic acids is 1. The number of hydrogen-bond acceptors (Lipinski definition) is 30. The van der Waals surface area contributed by atoms with Gasteiger partial charge in [-0.3, -0.25) is 14.4 Å². The lowest BCUT2D eigenvalue weighted by Gasteiger charge is -2.52. The van der Waals surface area contributed by atoms with Gasteiger partial charge in [-0.05, 0) is 19.3 Å². The van der Waals surface area contributed by atoms with Crippen molar-refractivity contribution in [1.82, 2.24) is 16.0 Å². The first-order valence-corrected chi connectivity index (χ1v) is 38.1. The van der Waals surface area contributed by atoms with Crippen LogP contribution in [-0.4, -0.2) is 321 Å². The minimum atomic E-state index is -3.38. The van der Waals surface area contributed by atoms with Gasteiger partial charge in [0.15, 0.2) is 25.2 Å². The summed E-state index contributed by atoms with van der Waals surface area (Å²) in [6.45, 7) is 0.299. The van der Waals surface area contributed by atoms with E-state index in [1.807, 2.05) is 6.08 Å². The highest BCUT2D eigenvalue weighted by Gasteiger charge is 2.62. The maximum atomic E-state index is 13.8. The zero-order chi connectivity index (χ0) is 77.3. The van der Waals surface area contributed by atoms with E-state index in [-0.39, 0.29) is 12.3 Å². The Kier molecular flexibility index (Phi) is 42.5. The second kappa shape index (κ2) is 48.4. The molecule has 0 spiro atoms. The molecule has 0 aromatic carbocycles. The number of ether oxygens (including phenoxy) is 10. The van der Waals surface area contributed by atoms with Gasteiger partial charge in [-0.1, -0.05) is 167 Å². The molecule has 20 N–H and O–H groups in total. The average Bonchev–Trinajstić information content (AvgIpc) is 0.759. The Labute approximate surface area is 614 Å². The normalized spacial score (nSPS) is 35.0. The van der Waals surface area contributed by atoms with Gasteiger partial charge in [0.25, 0.3) is 5.79 Å². The maximum absolute atomic E-state index is 13.8. The van der Waals surface area contributed by atoms with E-state index in [2.05, 4.69) is 29.8 Å². The standard InChI is InChI=1S/C71H127N3O31/c1-5-7-9-11-13-15-17-19-21-23-25-27-29-31-43(82)42(74-50(85)32-30-28-26-24-22-20-18-16-14-12-10-8-6-2)39-96-67-59(92)57(90)61(48(37-78)99-67)101-69-60(93)65(105-71(70(94)95)33-44(83)51(72-40(3)80)64(104-71)53(86)45(84)34-75)62(49(38-79)100-69)102-66-52(73-41(4)81)63(55(88)47(36-77)97-66)103-68-58(91)56(89)54(87)46(35-76)98-68/h29,31,42-49,51-69,75-79,82-84,86-93H,5-28,30,32-39H2,1-4H3,(H,72,80)(H,73,81)(H,74,85)(H,94,95)/b31-29+/t42-,43-,44+,45-,46-,47-,48-,49-,51-,52-,53-,54+,55+,56+,57-,58-,59-,60-,61-,62+,63-,64-,65-,66+,67-,68+,69+,71+/m1/s1. The van der Waals surface area contributed by atoms with Crippen LogP contribution in [0.3, 0.4) is 0 Å². The van der Waals surface area contributed by atoms with Crippen LogP contribution in [0.1, 0.15) is 201 Å². The van der Waals surface area contributed by atoms with E-state index in [1.54, 1.807) is 0 Å². The fraction of sp³-hybridized carbons (Fsp3) is 0.915. The smallest absolute Gasteiger partial charge is 0.364 e. The number of aliphatic hydroxyl groups excluding tert-OH is 16. The lowest BCUT2D eigenvalue weighted by Crippen LogP contribution is -2.72. The highest BCUT2D eigenvalue weighted by molar-refractivity contribution is 5.77. The molecule has 5 fully saturated rings. The SMILES string of the molecule is CCCCCCCCCCCCC/C=C/[C@@H](O)[C@@H](CO[C@@H]1O[C@H](CO)[C@@H](O[C@@H]2O[C@H](CO)[C@H](O[C@@H]3O[C@H](CO)[C@H](O)[C@H](O[C@@H]4O[C@H](CO)[C@H](O)[C@H](O)[C@H]4O)[C@H]3NC(C)=O)[C@H](O[C@]3(C(=O)O)C[C@H](O)[C@@H](NC(C)=O)[C@H]([C@H](O)[C@H](O)CO)O3)[C@H]2O)[C@H](O)[C@H]1O)NC(=O)CCCCCCCCCCCCCCC. The van der Waals surface area contributed by atoms with Crippen molar-refractivity contribution in [3.05, 3.63) is 12.2 Å². The molecule has 0 radical (unpaired) electrons. The summed E-state index contributed by atoms with van der Waals surface area (Å²) in [7, 11) is 0. The molecule has 34 nitrogen and oxygen atoms in total. The van der Waals surface area contributed by atoms with Crippen molar-refractivity contribution in [1.29, 1.82) is 0 Å². The third-order valence-electron chi connectivity index (χ3n) is 20.1. The Balaban J connectivity index is 1.41. The van der Waals surface area contributed by atoms with Gasteiger partial charge in [-0.2, -0.15) is 0 Å². The molecule has 0 bridgehead atoms. The number of amides is 3. The number of carboxylic acids is 1. The fourth-order valence-corrected chi connectivity index (χ4v) is 14.0. The van der Waals surface area contributed by atoms with Gasteiger partial charge in [0.1, 0.15) is 116 Å². The number of carbonyl (C=O) groups is 4. The van der Waals surface area contributed by atoms with Crippen LogP contribution in [0.4, 0.5) is 0 Å². The van der Waals surface area contributed by atoms with Crippen LogP contribution in [0.15, 0.2) is 12.2 Å². The Hall–Kier alpha value is -3.42. The van der Waals surface area contributed by atoms with E-state index >= 15 is 0 Å². The Morgan fingerprint density at radius 2 is 0.943 bits per heavy atom. The predicted octanol–water partition coefficient (Wildman–Crippen LogP) is -1.82. The molecule has 105 heavy (non-hydrogen) atoms. The number of allylic oxidation sites excluding steroid dienone is 1. The maximum Gasteiger partial charge on any atom is 0.364 e. The molecule has 28 atom stereocenters. The molecule has 5 aliphatic rings. The lowest BCUT2D eigenvalue weighted by atomic mass is 9.88. The summed E-state index contributed by atoms with van der Waals surface area (Å²) in [5.74, 6) is -7.71. The third-order valence-corrected chi connectivity index (χ3v) is 20.1. The number of hydrogen-bond donors (Lipinski definition) is 20. The first-order chi connectivity index (χ1) is 50.3. The summed E-state index contributed by atoms with van der Waals surface area (Å²) < 4.78 is 60.0. The summed E-state index contributed by atoms with van der Waals surface area (Å²) >= 11 is 0. The molecule has 34 heteroatoms. The van der Waals surface area contributed by atoms with Crippen LogP contribution in [0.5, 0.6) is 0 Å². The summed E-state index contributed by atoms with van der Waals surface area (Å²) in [6, 6.07) is -4.80. The Morgan fingerprint density at radius 3 is 1.47 bits per heavy atom. The highest BCUT2D eigenvalue weighted by atomic mass is 16.8. The van der Waals surface area contributed by atoms with Crippen LogP contribution in [-0.2, 0) is 66.5 Å². The van der Waals surface area contributed by atoms with Crippen molar-refractivity contribution in [3.8, 4) is 0 Å². The molecular formula is C71H127N3O31. The van der Waals surface area contributed by atoms with Crippen molar-refractivity contribution < 1.29 is 153 Å². The largest absolute Gasteiger partial charge is 0.477 e. The van der Waals surface area contributed by atoms with Crippen molar-refractivity contribution in [2.45, 2.75) is 372 Å². The molecule has 0 unspecified atom stereocenters. The number of carbonyl (C=O) groups excluding carboxylic acids is 3. The monoisotopic (exact) mass is 1520 g/mol. The summed E-state index contributed by atoms with van der Waals surface area (Å²) in [4.78, 5) is 52.9. The topological polar surface area (TPSA) is 541 Å². The third kappa shape index (κ3) is 28.1. The predicted molar refractivity (Wildman–Crippen MR) is 369 cm³/mol. The quantitative estimate of drug-likeness (QED) is 0.0235. The minimum Gasteiger partial charge on any atom is -0.477 e. The van der Waals surface area contributed by atoms with Gasteiger partial charge in [0.2, 0.25) is 17.7 Å². The second-order valence-corrected chi connectivity index (χ2v) is 28.6. The molecule has 5 aliphatic heterocycles. The van der Waals surface area contributed by atoms with Gasteiger partial charge in [0, 0.05) is 26.7 Å². The van der Waals surface area contributed by atoms with Crippen molar-refractivity contribution >= 4 is 23.7 Å². The molecule has 5 rings (SSSR count). The molecule has 3 amide bonds. The number of aliphatic hydroxyl groups is 16.